The maximum Gasteiger partial charge on any atom is 0.175 e. The number of nitrogens with one attached hydrogen (secondary N) is 2. The van der Waals surface area contributed by atoms with Crippen molar-refractivity contribution in [2.75, 3.05) is 11.6 Å². The number of rotatable bonds is 4. The molecule has 0 unspecified atom stereocenters. The van der Waals surface area contributed by atoms with E-state index in [9.17, 15) is 12.8 Å². The summed E-state index contributed by atoms with van der Waals surface area (Å²) in [5.74, 6) is -0.299. The highest BCUT2D eigenvalue weighted by Gasteiger charge is 2.11. The van der Waals surface area contributed by atoms with Crippen LogP contribution >= 0.6 is 12.2 Å². The average Bonchev–Trinajstić information content (AvgIpc) is 2.50. The van der Waals surface area contributed by atoms with Crippen LogP contribution in [-0.4, -0.2) is 19.8 Å². The molecule has 4 nitrogen and oxygen atoms in total. The summed E-state index contributed by atoms with van der Waals surface area (Å²) in [5.41, 5.74) is 2.02. The number of benzene rings is 2. The molecule has 0 aliphatic carbocycles. The molecule has 0 amide bonds. The molecule has 2 N–H and O–H groups in total. The van der Waals surface area contributed by atoms with Gasteiger partial charge >= 0.3 is 0 Å². The van der Waals surface area contributed by atoms with Gasteiger partial charge in [0.15, 0.2) is 14.9 Å². The number of anilines is 1. The molecule has 2 aromatic rings. The first-order valence-corrected chi connectivity index (χ1v) is 9.60. The molecule has 2 aromatic carbocycles. The maximum absolute atomic E-state index is 13.5. The molecule has 2 rings (SSSR count). The molecule has 1 atom stereocenters. The fraction of sp³-hybridized carbons (Fsp3) is 0.235. The van der Waals surface area contributed by atoms with Crippen molar-refractivity contribution in [1.82, 2.24) is 5.32 Å². The highest BCUT2D eigenvalue weighted by Crippen LogP contribution is 2.17. The Morgan fingerprint density at radius 3 is 2.33 bits per heavy atom. The van der Waals surface area contributed by atoms with Gasteiger partial charge < -0.3 is 10.6 Å². The molecule has 0 bridgehead atoms. The fourth-order valence-electron chi connectivity index (χ4n) is 2.12. The maximum atomic E-state index is 13.5. The van der Waals surface area contributed by atoms with Crippen LogP contribution in [-0.2, 0) is 9.84 Å². The zero-order valence-corrected chi connectivity index (χ0v) is 15.3. The molecule has 0 aliphatic rings. The van der Waals surface area contributed by atoms with Gasteiger partial charge in [0.05, 0.1) is 10.9 Å². The van der Waals surface area contributed by atoms with Crippen LogP contribution < -0.4 is 10.6 Å². The predicted molar refractivity (Wildman–Crippen MR) is 98.5 cm³/mol. The summed E-state index contributed by atoms with van der Waals surface area (Å²) in [6.07, 6.45) is 1.17. The molecule has 0 aliphatic heterocycles. The van der Waals surface area contributed by atoms with Crippen LogP contribution in [0.2, 0.25) is 0 Å². The SMILES string of the molecule is Cc1ccc(NC(=S)N[C@@H](C)c2ccc(S(C)(=O)=O)cc2)cc1F. The van der Waals surface area contributed by atoms with E-state index in [1.54, 1.807) is 43.3 Å². The van der Waals surface area contributed by atoms with Gasteiger partial charge in [-0.05, 0) is 61.5 Å². The van der Waals surface area contributed by atoms with E-state index in [-0.39, 0.29) is 16.8 Å². The van der Waals surface area contributed by atoms with Crippen molar-refractivity contribution in [2.45, 2.75) is 24.8 Å². The van der Waals surface area contributed by atoms with Gasteiger partial charge in [-0.15, -0.1) is 0 Å². The van der Waals surface area contributed by atoms with E-state index in [0.717, 1.165) is 5.56 Å². The summed E-state index contributed by atoms with van der Waals surface area (Å²) in [4.78, 5) is 0.272. The molecular weight excluding hydrogens is 347 g/mol. The Bertz CT molecular complexity index is 849. The van der Waals surface area contributed by atoms with Gasteiger partial charge in [-0.3, -0.25) is 0 Å². The van der Waals surface area contributed by atoms with Gasteiger partial charge in [-0.2, -0.15) is 0 Å². The Balaban J connectivity index is 2.01. The molecule has 7 heteroatoms. The zero-order chi connectivity index (χ0) is 17.9. The quantitative estimate of drug-likeness (QED) is 0.810. The fourth-order valence-corrected chi connectivity index (χ4v) is 3.05. The van der Waals surface area contributed by atoms with Crippen molar-refractivity contribution in [3.8, 4) is 0 Å². The standard InChI is InChI=1S/C17H19FN2O2S2/c1-11-4-7-14(10-16(11)18)20-17(23)19-12(2)13-5-8-15(9-6-13)24(3,21)22/h4-10,12H,1-3H3,(H2,19,20,23)/t12-/m0/s1. The average molecular weight is 366 g/mol. The second-order valence-electron chi connectivity index (χ2n) is 5.63. The monoisotopic (exact) mass is 366 g/mol. The van der Waals surface area contributed by atoms with Crippen molar-refractivity contribution in [3.63, 3.8) is 0 Å². The minimum Gasteiger partial charge on any atom is -0.356 e. The second-order valence-corrected chi connectivity index (χ2v) is 8.05. The van der Waals surface area contributed by atoms with E-state index in [1.165, 1.54) is 12.3 Å². The molecule has 0 saturated carbocycles. The van der Waals surface area contributed by atoms with E-state index in [0.29, 0.717) is 16.4 Å². The van der Waals surface area contributed by atoms with Crippen molar-refractivity contribution >= 4 is 32.9 Å². The minimum absolute atomic E-state index is 0.131. The van der Waals surface area contributed by atoms with Crippen molar-refractivity contribution < 1.29 is 12.8 Å². The van der Waals surface area contributed by atoms with Crippen LogP contribution in [0.4, 0.5) is 10.1 Å². The summed E-state index contributed by atoms with van der Waals surface area (Å²) < 4.78 is 36.5. The second kappa shape index (κ2) is 7.27. The summed E-state index contributed by atoms with van der Waals surface area (Å²) in [6, 6.07) is 11.3. The van der Waals surface area contributed by atoms with E-state index in [2.05, 4.69) is 10.6 Å². The molecule has 0 spiro atoms. The third kappa shape index (κ3) is 4.75. The summed E-state index contributed by atoms with van der Waals surface area (Å²) in [6.45, 7) is 3.59. The van der Waals surface area contributed by atoms with Crippen molar-refractivity contribution in [2.24, 2.45) is 0 Å². The van der Waals surface area contributed by atoms with Gasteiger partial charge in [-0.25, -0.2) is 12.8 Å². The first-order valence-electron chi connectivity index (χ1n) is 7.30. The summed E-state index contributed by atoms with van der Waals surface area (Å²) in [7, 11) is -3.21. The van der Waals surface area contributed by atoms with E-state index in [1.807, 2.05) is 6.92 Å². The summed E-state index contributed by atoms with van der Waals surface area (Å²) >= 11 is 5.23. The van der Waals surface area contributed by atoms with Crippen LogP contribution in [0.5, 0.6) is 0 Å². The first kappa shape index (κ1) is 18.4. The van der Waals surface area contributed by atoms with Gasteiger partial charge in [0.25, 0.3) is 0 Å². The third-order valence-corrected chi connectivity index (χ3v) is 4.93. The molecule has 0 radical (unpaired) electrons. The Labute approximate surface area is 147 Å². The van der Waals surface area contributed by atoms with Gasteiger partial charge in [0.2, 0.25) is 0 Å². The number of aryl methyl sites for hydroxylation is 1. The topological polar surface area (TPSA) is 58.2 Å². The van der Waals surface area contributed by atoms with Gasteiger partial charge in [-0.1, -0.05) is 18.2 Å². The van der Waals surface area contributed by atoms with Crippen LogP contribution in [0.1, 0.15) is 24.1 Å². The van der Waals surface area contributed by atoms with Crippen LogP contribution in [0.15, 0.2) is 47.4 Å². The normalized spacial score (nSPS) is 12.5. The van der Waals surface area contributed by atoms with E-state index < -0.39 is 9.84 Å². The zero-order valence-electron chi connectivity index (χ0n) is 13.6. The number of sulfone groups is 1. The smallest absolute Gasteiger partial charge is 0.175 e. The molecule has 0 fully saturated rings. The highest BCUT2D eigenvalue weighted by atomic mass is 32.2. The lowest BCUT2D eigenvalue weighted by atomic mass is 10.1. The Morgan fingerprint density at radius 2 is 1.79 bits per heavy atom. The number of hydrogen-bond donors (Lipinski definition) is 2. The van der Waals surface area contributed by atoms with Crippen LogP contribution in [0, 0.1) is 12.7 Å². The highest BCUT2D eigenvalue weighted by molar-refractivity contribution is 7.90. The van der Waals surface area contributed by atoms with Crippen molar-refractivity contribution in [1.29, 1.82) is 0 Å². The summed E-state index contributed by atoms with van der Waals surface area (Å²) in [5, 5.41) is 6.38. The number of hydrogen-bond acceptors (Lipinski definition) is 3. The van der Waals surface area contributed by atoms with E-state index >= 15 is 0 Å². The molecule has 0 heterocycles. The predicted octanol–water partition coefficient (Wildman–Crippen LogP) is 3.59. The number of thiocarbonyl (C=S) groups is 1. The van der Waals surface area contributed by atoms with Gasteiger partial charge in [0.1, 0.15) is 5.82 Å². The number of halogens is 1. The van der Waals surface area contributed by atoms with Crippen molar-refractivity contribution in [3.05, 3.63) is 59.4 Å². The lowest BCUT2D eigenvalue weighted by Crippen LogP contribution is -2.30. The lowest BCUT2D eigenvalue weighted by molar-refractivity contribution is 0.601. The molecule has 128 valence electrons. The Hall–Kier alpha value is -1.99. The molecular formula is C17H19FN2O2S2. The lowest BCUT2D eigenvalue weighted by Gasteiger charge is -2.18. The molecule has 24 heavy (non-hydrogen) atoms. The van der Waals surface area contributed by atoms with E-state index in [4.69, 9.17) is 12.2 Å². The molecule has 0 aromatic heterocycles. The first-order chi connectivity index (χ1) is 11.2. The Kier molecular flexibility index (Phi) is 5.56. The molecule has 0 saturated heterocycles. The van der Waals surface area contributed by atoms with Crippen LogP contribution in [0.3, 0.4) is 0 Å². The Morgan fingerprint density at radius 1 is 1.17 bits per heavy atom. The van der Waals surface area contributed by atoms with Crippen LogP contribution in [0.25, 0.3) is 0 Å². The van der Waals surface area contributed by atoms with Gasteiger partial charge in [0, 0.05) is 11.9 Å². The largest absolute Gasteiger partial charge is 0.356 e. The third-order valence-electron chi connectivity index (χ3n) is 3.59. The minimum atomic E-state index is -3.21.